The number of benzene rings is 1. The first-order valence-corrected chi connectivity index (χ1v) is 5.06. The van der Waals surface area contributed by atoms with Crippen LogP contribution in [-0.2, 0) is 12.8 Å². The first kappa shape index (κ1) is 9.34. The summed E-state index contributed by atoms with van der Waals surface area (Å²) in [7, 11) is 1.79. The van der Waals surface area contributed by atoms with Gasteiger partial charge in [-0.05, 0) is 17.5 Å². The van der Waals surface area contributed by atoms with Crippen molar-refractivity contribution in [3.63, 3.8) is 0 Å². The molecular weight excluding hydrogens is 194 g/mol. The summed E-state index contributed by atoms with van der Waals surface area (Å²) in [6.45, 7) is 0. The van der Waals surface area contributed by atoms with Gasteiger partial charge in [0.05, 0.1) is 5.52 Å². The highest BCUT2D eigenvalue weighted by atomic mass is 32.1. The van der Waals surface area contributed by atoms with Crippen molar-refractivity contribution in [2.45, 2.75) is 5.75 Å². The van der Waals surface area contributed by atoms with E-state index in [4.69, 9.17) is 0 Å². The van der Waals surface area contributed by atoms with E-state index in [-0.39, 0.29) is 5.56 Å². The lowest BCUT2D eigenvalue weighted by atomic mass is 10.1. The second kappa shape index (κ2) is 3.50. The monoisotopic (exact) mass is 205 g/mol. The summed E-state index contributed by atoms with van der Waals surface area (Å²) in [6, 6.07) is 9.75. The molecule has 14 heavy (non-hydrogen) atoms. The number of pyridine rings is 1. The Kier molecular flexibility index (Phi) is 2.33. The van der Waals surface area contributed by atoms with Gasteiger partial charge >= 0.3 is 0 Å². The van der Waals surface area contributed by atoms with Crippen LogP contribution in [0.3, 0.4) is 0 Å². The fourth-order valence-electron chi connectivity index (χ4n) is 1.60. The Morgan fingerprint density at radius 1 is 1.36 bits per heavy atom. The van der Waals surface area contributed by atoms with Gasteiger partial charge in [0, 0.05) is 18.4 Å². The second-order valence-electron chi connectivity index (χ2n) is 3.25. The molecule has 2 rings (SSSR count). The summed E-state index contributed by atoms with van der Waals surface area (Å²) < 4.78 is 1.67. The van der Waals surface area contributed by atoms with Crippen LogP contribution in [0.15, 0.2) is 35.1 Å². The molecule has 1 heterocycles. The van der Waals surface area contributed by atoms with Gasteiger partial charge < -0.3 is 4.57 Å². The van der Waals surface area contributed by atoms with Crippen molar-refractivity contribution in [1.82, 2.24) is 4.57 Å². The van der Waals surface area contributed by atoms with Crippen LogP contribution in [0.1, 0.15) is 5.56 Å². The van der Waals surface area contributed by atoms with E-state index in [1.54, 1.807) is 11.6 Å². The molecule has 0 N–H and O–H groups in total. The Bertz CT molecular complexity index is 530. The predicted molar refractivity (Wildman–Crippen MR) is 61.9 cm³/mol. The average molecular weight is 205 g/mol. The Morgan fingerprint density at radius 2 is 2.07 bits per heavy atom. The van der Waals surface area contributed by atoms with Crippen molar-refractivity contribution >= 4 is 23.5 Å². The van der Waals surface area contributed by atoms with Crippen LogP contribution >= 0.6 is 12.6 Å². The van der Waals surface area contributed by atoms with Crippen molar-refractivity contribution in [2.75, 3.05) is 0 Å². The maximum Gasteiger partial charge on any atom is 0.254 e. The quantitative estimate of drug-likeness (QED) is 0.706. The van der Waals surface area contributed by atoms with Crippen LogP contribution in [0.2, 0.25) is 0 Å². The van der Waals surface area contributed by atoms with E-state index in [9.17, 15) is 4.79 Å². The fourth-order valence-corrected chi connectivity index (χ4v) is 1.83. The SMILES string of the molecule is Cn1c(=O)c(CS)cc2ccccc21. The molecule has 0 spiro atoms. The minimum absolute atomic E-state index is 0.0405. The van der Waals surface area contributed by atoms with Gasteiger partial charge in [-0.1, -0.05) is 18.2 Å². The van der Waals surface area contributed by atoms with Gasteiger partial charge in [-0.3, -0.25) is 4.79 Å². The van der Waals surface area contributed by atoms with Gasteiger partial charge in [0.2, 0.25) is 0 Å². The van der Waals surface area contributed by atoms with E-state index in [2.05, 4.69) is 12.6 Å². The molecule has 3 heteroatoms. The van der Waals surface area contributed by atoms with Crippen molar-refractivity contribution in [3.8, 4) is 0 Å². The second-order valence-corrected chi connectivity index (χ2v) is 3.57. The molecule has 0 aliphatic heterocycles. The Balaban J connectivity index is 2.92. The Hall–Kier alpha value is -1.22. The van der Waals surface area contributed by atoms with E-state index in [0.717, 1.165) is 16.5 Å². The molecule has 1 aromatic carbocycles. The van der Waals surface area contributed by atoms with Crippen LogP contribution < -0.4 is 5.56 Å². The van der Waals surface area contributed by atoms with Gasteiger partial charge in [0.25, 0.3) is 5.56 Å². The van der Waals surface area contributed by atoms with E-state index in [1.165, 1.54) is 0 Å². The zero-order valence-electron chi connectivity index (χ0n) is 7.90. The van der Waals surface area contributed by atoms with E-state index in [1.807, 2.05) is 30.3 Å². The molecule has 72 valence electrons. The number of nitrogens with zero attached hydrogens (tertiary/aromatic N) is 1. The minimum Gasteiger partial charge on any atom is -0.311 e. The zero-order valence-corrected chi connectivity index (χ0v) is 8.79. The zero-order chi connectivity index (χ0) is 10.1. The van der Waals surface area contributed by atoms with Gasteiger partial charge in [-0.15, -0.1) is 0 Å². The van der Waals surface area contributed by atoms with Crippen LogP contribution in [0, 0.1) is 0 Å². The minimum atomic E-state index is 0.0405. The van der Waals surface area contributed by atoms with Gasteiger partial charge in [-0.2, -0.15) is 12.6 Å². The van der Waals surface area contributed by atoms with Crippen molar-refractivity contribution in [2.24, 2.45) is 7.05 Å². The molecule has 0 aliphatic carbocycles. The lowest BCUT2D eigenvalue weighted by Gasteiger charge is -2.06. The molecule has 0 bridgehead atoms. The van der Waals surface area contributed by atoms with Crippen LogP contribution in [0.25, 0.3) is 10.9 Å². The number of thiol groups is 1. The lowest BCUT2D eigenvalue weighted by Crippen LogP contribution is -2.20. The van der Waals surface area contributed by atoms with Crippen molar-refractivity contribution in [1.29, 1.82) is 0 Å². The van der Waals surface area contributed by atoms with Crippen molar-refractivity contribution in [3.05, 3.63) is 46.2 Å². The summed E-state index contributed by atoms with van der Waals surface area (Å²) in [4.78, 5) is 11.7. The fraction of sp³-hybridized carbons (Fsp3) is 0.182. The molecule has 0 aliphatic rings. The predicted octanol–water partition coefficient (Wildman–Crippen LogP) is 1.97. The molecular formula is C11H11NOS. The van der Waals surface area contributed by atoms with Gasteiger partial charge in [0.15, 0.2) is 0 Å². The standard InChI is InChI=1S/C11H11NOS/c1-12-10-5-3-2-4-8(10)6-9(7-14)11(12)13/h2-6,14H,7H2,1H3. The highest BCUT2D eigenvalue weighted by Crippen LogP contribution is 2.12. The molecule has 2 aromatic rings. The summed E-state index contributed by atoms with van der Waals surface area (Å²) in [6.07, 6.45) is 0. The lowest BCUT2D eigenvalue weighted by molar-refractivity contribution is 0.891. The maximum atomic E-state index is 11.7. The Morgan fingerprint density at radius 3 is 2.79 bits per heavy atom. The number of hydrogen-bond acceptors (Lipinski definition) is 2. The first-order valence-electron chi connectivity index (χ1n) is 4.42. The highest BCUT2D eigenvalue weighted by molar-refractivity contribution is 7.79. The number of para-hydroxylation sites is 1. The topological polar surface area (TPSA) is 22.0 Å². The molecule has 0 fully saturated rings. The summed E-state index contributed by atoms with van der Waals surface area (Å²) in [5.41, 5.74) is 1.75. The number of aryl methyl sites for hydroxylation is 1. The third-order valence-electron chi connectivity index (χ3n) is 2.38. The number of fused-ring (bicyclic) bond motifs is 1. The highest BCUT2D eigenvalue weighted by Gasteiger charge is 2.03. The Labute approximate surface area is 87.6 Å². The first-order chi connectivity index (χ1) is 6.74. The van der Waals surface area contributed by atoms with E-state index >= 15 is 0 Å². The van der Waals surface area contributed by atoms with Gasteiger partial charge in [0.1, 0.15) is 0 Å². The maximum absolute atomic E-state index is 11.7. The summed E-state index contributed by atoms with van der Waals surface area (Å²) in [5.74, 6) is 0.484. The largest absolute Gasteiger partial charge is 0.311 e. The molecule has 1 aromatic heterocycles. The van der Waals surface area contributed by atoms with E-state index in [0.29, 0.717) is 5.75 Å². The molecule has 0 atom stereocenters. The number of hydrogen-bond donors (Lipinski definition) is 1. The van der Waals surface area contributed by atoms with Gasteiger partial charge in [-0.25, -0.2) is 0 Å². The summed E-state index contributed by atoms with van der Waals surface area (Å²) in [5, 5.41) is 1.08. The third-order valence-corrected chi connectivity index (χ3v) is 2.72. The molecule has 0 radical (unpaired) electrons. The summed E-state index contributed by atoms with van der Waals surface area (Å²) >= 11 is 4.14. The van der Waals surface area contributed by atoms with Crippen LogP contribution in [0.4, 0.5) is 0 Å². The molecule has 0 saturated heterocycles. The number of rotatable bonds is 1. The average Bonchev–Trinajstić information content (AvgIpc) is 2.23. The normalized spacial score (nSPS) is 10.7. The molecule has 0 amide bonds. The number of aromatic nitrogens is 1. The molecule has 2 nitrogen and oxygen atoms in total. The molecule has 0 saturated carbocycles. The third kappa shape index (κ3) is 1.34. The van der Waals surface area contributed by atoms with E-state index < -0.39 is 0 Å². The van der Waals surface area contributed by atoms with Crippen molar-refractivity contribution < 1.29 is 0 Å². The molecule has 0 unspecified atom stereocenters. The smallest absolute Gasteiger partial charge is 0.254 e. The van der Waals surface area contributed by atoms with Crippen LogP contribution in [0.5, 0.6) is 0 Å². The van der Waals surface area contributed by atoms with Crippen LogP contribution in [-0.4, -0.2) is 4.57 Å².